The van der Waals surface area contributed by atoms with E-state index in [-0.39, 0.29) is 0 Å². The summed E-state index contributed by atoms with van der Waals surface area (Å²) in [6, 6.07) is 10.6. The van der Waals surface area contributed by atoms with Gasteiger partial charge in [-0.2, -0.15) is 0 Å². The van der Waals surface area contributed by atoms with Crippen LogP contribution < -0.4 is 0 Å². The number of nitrogens with zero attached hydrogens (tertiary/aromatic N) is 1. The van der Waals surface area contributed by atoms with Crippen molar-refractivity contribution in [3.05, 3.63) is 53.2 Å². The van der Waals surface area contributed by atoms with Crippen LogP contribution in [-0.4, -0.2) is 4.98 Å². The molecule has 1 heteroatoms. The first-order chi connectivity index (χ1) is 8.09. The second-order valence-corrected chi connectivity index (χ2v) is 4.90. The molecule has 0 fully saturated rings. The third-order valence-electron chi connectivity index (χ3n) is 3.19. The summed E-state index contributed by atoms with van der Waals surface area (Å²) in [5.74, 6) is 0.536. The van der Waals surface area contributed by atoms with Crippen molar-refractivity contribution >= 4 is 0 Å². The molecule has 1 heterocycles. The first-order valence-electron chi connectivity index (χ1n) is 6.12. The van der Waals surface area contributed by atoms with Gasteiger partial charge in [-0.25, -0.2) is 0 Å². The Bertz CT molecular complexity index is 527. The van der Waals surface area contributed by atoms with E-state index in [1.807, 2.05) is 6.20 Å². The molecule has 0 spiro atoms. The van der Waals surface area contributed by atoms with Crippen LogP contribution in [-0.2, 0) is 0 Å². The Hall–Kier alpha value is -1.63. The van der Waals surface area contributed by atoms with Gasteiger partial charge in [0.05, 0.1) is 5.69 Å². The van der Waals surface area contributed by atoms with Gasteiger partial charge in [-0.3, -0.25) is 4.98 Å². The zero-order valence-electron chi connectivity index (χ0n) is 11.0. The molecule has 0 N–H and O–H groups in total. The van der Waals surface area contributed by atoms with Gasteiger partial charge in [0.15, 0.2) is 0 Å². The highest BCUT2D eigenvalue weighted by atomic mass is 14.7. The maximum atomic E-state index is 4.59. The molecule has 2 rings (SSSR count). The van der Waals surface area contributed by atoms with Crippen LogP contribution in [0.4, 0.5) is 0 Å². The molecule has 0 radical (unpaired) electrons. The van der Waals surface area contributed by atoms with Gasteiger partial charge in [-0.15, -0.1) is 0 Å². The first-order valence-corrected chi connectivity index (χ1v) is 6.12. The Balaban J connectivity index is 2.49. The Kier molecular flexibility index (Phi) is 3.28. The molecule has 0 saturated carbocycles. The van der Waals surface area contributed by atoms with Gasteiger partial charge in [0.2, 0.25) is 0 Å². The molecule has 17 heavy (non-hydrogen) atoms. The van der Waals surface area contributed by atoms with Gasteiger partial charge in [-0.05, 0) is 42.5 Å². The molecule has 0 aliphatic heterocycles. The Morgan fingerprint density at radius 1 is 1.00 bits per heavy atom. The Morgan fingerprint density at radius 3 is 2.29 bits per heavy atom. The lowest BCUT2D eigenvalue weighted by molar-refractivity contribution is 0.848. The Labute approximate surface area is 104 Å². The third kappa shape index (κ3) is 2.38. The van der Waals surface area contributed by atoms with Crippen LogP contribution in [0.5, 0.6) is 0 Å². The fourth-order valence-electron chi connectivity index (χ4n) is 2.18. The Morgan fingerprint density at radius 2 is 1.71 bits per heavy atom. The minimum Gasteiger partial charge on any atom is -0.256 e. The minimum absolute atomic E-state index is 0.536. The molecule has 0 amide bonds. The molecule has 0 unspecified atom stereocenters. The highest BCUT2D eigenvalue weighted by Gasteiger charge is 2.07. The van der Waals surface area contributed by atoms with Crippen LogP contribution in [0, 0.1) is 13.8 Å². The van der Waals surface area contributed by atoms with E-state index in [0.717, 1.165) is 5.69 Å². The second kappa shape index (κ2) is 4.70. The highest BCUT2D eigenvalue weighted by molar-refractivity contribution is 5.64. The maximum absolute atomic E-state index is 4.59. The lowest BCUT2D eigenvalue weighted by Crippen LogP contribution is -1.96. The van der Waals surface area contributed by atoms with Crippen LogP contribution >= 0.6 is 0 Å². The molecule has 88 valence electrons. The standard InChI is InChI=1S/C16H19N/c1-11(2)15-10-17-16(9-13(15)4)14-8-6-5-7-12(14)3/h5-11H,1-4H3. The van der Waals surface area contributed by atoms with Gasteiger partial charge in [-0.1, -0.05) is 38.1 Å². The fraction of sp³-hybridized carbons (Fsp3) is 0.312. The summed E-state index contributed by atoms with van der Waals surface area (Å²) in [7, 11) is 0. The third-order valence-corrected chi connectivity index (χ3v) is 3.19. The van der Waals surface area contributed by atoms with Crippen molar-refractivity contribution in [2.75, 3.05) is 0 Å². The summed E-state index contributed by atoms with van der Waals surface area (Å²) in [5, 5.41) is 0. The van der Waals surface area contributed by atoms with Crippen molar-refractivity contribution in [2.24, 2.45) is 0 Å². The quantitative estimate of drug-likeness (QED) is 0.734. The first kappa shape index (κ1) is 11.8. The summed E-state index contributed by atoms with van der Waals surface area (Å²) >= 11 is 0. The largest absolute Gasteiger partial charge is 0.256 e. The molecule has 0 aliphatic carbocycles. The van der Waals surface area contributed by atoms with Gasteiger partial charge in [0.25, 0.3) is 0 Å². The topological polar surface area (TPSA) is 12.9 Å². The van der Waals surface area contributed by atoms with Gasteiger partial charge in [0, 0.05) is 11.8 Å². The predicted molar refractivity (Wildman–Crippen MR) is 73.2 cm³/mol. The highest BCUT2D eigenvalue weighted by Crippen LogP contribution is 2.25. The fourth-order valence-corrected chi connectivity index (χ4v) is 2.18. The predicted octanol–water partition coefficient (Wildman–Crippen LogP) is 4.49. The summed E-state index contributed by atoms with van der Waals surface area (Å²) in [5.41, 5.74) is 6.24. The lowest BCUT2D eigenvalue weighted by atomic mass is 9.97. The number of aryl methyl sites for hydroxylation is 2. The maximum Gasteiger partial charge on any atom is 0.0707 e. The van der Waals surface area contributed by atoms with Gasteiger partial charge < -0.3 is 0 Å². The molecule has 0 bridgehead atoms. The van der Waals surface area contributed by atoms with E-state index >= 15 is 0 Å². The van der Waals surface area contributed by atoms with Crippen LogP contribution in [0.2, 0.25) is 0 Å². The van der Waals surface area contributed by atoms with Crippen LogP contribution in [0.25, 0.3) is 11.3 Å². The molecule has 0 atom stereocenters. The van der Waals surface area contributed by atoms with E-state index in [0.29, 0.717) is 5.92 Å². The van der Waals surface area contributed by atoms with E-state index < -0.39 is 0 Å². The van der Waals surface area contributed by atoms with Gasteiger partial charge >= 0.3 is 0 Å². The number of benzene rings is 1. The van der Waals surface area contributed by atoms with Crippen LogP contribution in [0.15, 0.2) is 36.5 Å². The number of hydrogen-bond acceptors (Lipinski definition) is 1. The van der Waals surface area contributed by atoms with Crippen LogP contribution in [0.1, 0.15) is 36.5 Å². The monoisotopic (exact) mass is 225 g/mol. The van der Waals surface area contributed by atoms with E-state index in [2.05, 4.69) is 63.0 Å². The summed E-state index contributed by atoms with van der Waals surface area (Å²) in [4.78, 5) is 4.59. The van der Waals surface area contributed by atoms with Crippen molar-refractivity contribution in [3.63, 3.8) is 0 Å². The molecule has 1 nitrogen and oxygen atoms in total. The molecule has 0 aliphatic rings. The van der Waals surface area contributed by atoms with Crippen molar-refractivity contribution in [2.45, 2.75) is 33.6 Å². The second-order valence-electron chi connectivity index (χ2n) is 4.90. The summed E-state index contributed by atoms with van der Waals surface area (Å²) in [6.07, 6.45) is 2.02. The SMILES string of the molecule is Cc1ccccc1-c1cc(C)c(C(C)C)cn1. The number of rotatable bonds is 2. The van der Waals surface area contributed by atoms with E-state index in [1.165, 1.54) is 22.3 Å². The van der Waals surface area contributed by atoms with Crippen molar-refractivity contribution in [1.82, 2.24) is 4.98 Å². The molecule has 2 aromatic rings. The van der Waals surface area contributed by atoms with Crippen LogP contribution in [0.3, 0.4) is 0 Å². The number of aromatic nitrogens is 1. The number of hydrogen-bond donors (Lipinski definition) is 0. The van der Waals surface area contributed by atoms with Crippen molar-refractivity contribution in [1.29, 1.82) is 0 Å². The van der Waals surface area contributed by atoms with E-state index in [4.69, 9.17) is 0 Å². The van der Waals surface area contributed by atoms with E-state index in [1.54, 1.807) is 0 Å². The average molecular weight is 225 g/mol. The van der Waals surface area contributed by atoms with E-state index in [9.17, 15) is 0 Å². The number of pyridine rings is 1. The molecule has 1 aromatic carbocycles. The van der Waals surface area contributed by atoms with Gasteiger partial charge in [0.1, 0.15) is 0 Å². The average Bonchev–Trinajstić information content (AvgIpc) is 2.29. The molecule has 1 aromatic heterocycles. The normalized spacial score (nSPS) is 10.9. The molecular formula is C16H19N. The van der Waals surface area contributed by atoms with Crippen molar-refractivity contribution in [3.8, 4) is 11.3 Å². The zero-order chi connectivity index (χ0) is 12.4. The minimum atomic E-state index is 0.536. The zero-order valence-corrected chi connectivity index (χ0v) is 11.0. The summed E-state index contributed by atoms with van der Waals surface area (Å²) < 4.78 is 0. The van der Waals surface area contributed by atoms with Crippen molar-refractivity contribution < 1.29 is 0 Å². The summed E-state index contributed by atoms with van der Waals surface area (Å²) in [6.45, 7) is 8.70. The molecule has 0 saturated heterocycles. The molecular weight excluding hydrogens is 206 g/mol. The lowest BCUT2D eigenvalue weighted by Gasteiger charge is -2.11. The smallest absolute Gasteiger partial charge is 0.0707 e.